The van der Waals surface area contributed by atoms with Crippen molar-refractivity contribution in [1.82, 2.24) is 10.2 Å². The Labute approximate surface area is 102 Å². The number of H-pyrrole nitrogens is 1. The molecule has 1 heterocycles. The molecule has 3 N–H and O–H groups in total. The highest BCUT2D eigenvalue weighted by Crippen LogP contribution is 2.08. The lowest BCUT2D eigenvalue weighted by Gasteiger charge is -2.03. The van der Waals surface area contributed by atoms with E-state index >= 15 is 0 Å². The minimum absolute atomic E-state index is 0.155. The minimum atomic E-state index is -3.78. The van der Waals surface area contributed by atoms with Crippen LogP contribution in [-0.2, 0) is 19.6 Å². The number of sulfonamides is 1. The van der Waals surface area contributed by atoms with Gasteiger partial charge in [0.05, 0.1) is 19.3 Å². The average Bonchev–Trinajstić information content (AvgIpc) is 2.73. The molecular weight excluding hydrogens is 266 g/mol. The van der Waals surface area contributed by atoms with Crippen LogP contribution >= 0.6 is 0 Å². The lowest BCUT2D eigenvalue weighted by atomic mass is 10.4. The molecule has 0 unspecified atom stereocenters. The maximum absolute atomic E-state index is 11.5. The van der Waals surface area contributed by atoms with Crippen molar-refractivity contribution in [3.8, 4) is 0 Å². The monoisotopic (exact) mass is 277 g/mol. The van der Waals surface area contributed by atoms with Gasteiger partial charge < -0.3 is 9.84 Å². The number of carbonyl (C=O) groups excluding carboxylic acids is 1. The van der Waals surface area contributed by atoms with Gasteiger partial charge in [-0.2, -0.15) is 5.10 Å². The predicted molar refractivity (Wildman–Crippen MR) is 59.6 cm³/mol. The van der Waals surface area contributed by atoms with Crippen LogP contribution in [0.5, 0.6) is 0 Å². The number of carbonyl (C=O) groups is 2. The van der Waals surface area contributed by atoms with Gasteiger partial charge >= 0.3 is 11.9 Å². The molecule has 0 aliphatic heterocycles. The number of hydrogen-bond donors (Lipinski definition) is 3. The Morgan fingerprint density at radius 3 is 2.72 bits per heavy atom. The molecule has 0 radical (unpaired) electrons. The number of nitrogens with zero attached hydrogens (tertiary/aromatic N) is 1. The van der Waals surface area contributed by atoms with Crippen molar-refractivity contribution in [2.24, 2.45) is 0 Å². The standard InChI is InChI=1S/C8H11N3O6S/c1-17-7(12)2-3-18(15,16)11-6-4-5(8(13)14)9-10-6/h4H,2-3H2,1H3,(H,13,14)(H2,9,10,11). The Hall–Kier alpha value is -2.10. The molecule has 1 rings (SSSR count). The van der Waals surface area contributed by atoms with E-state index in [9.17, 15) is 18.0 Å². The molecular formula is C8H11N3O6S. The number of methoxy groups -OCH3 is 1. The fourth-order valence-electron chi connectivity index (χ4n) is 1.01. The van der Waals surface area contributed by atoms with Crippen LogP contribution in [0.4, 0.5) is 5.82 Å². The number of anilines is 1. The summed E-state index contributed by atoms with van der Waals surface area (Å²) in [6.45, 7) is 0. The van der Waals surface area contributed by atoms with Gasteiger partial charge in [0.25, 0.3) is 0 Å². The van der Waals surface area contributed by atoms with Crippen LogP contribution in [0.1, 0.15) is 16.9 Å². The van der Waals surface area contributed by atoms with E-state index in [1.165, 1.54) is 0 Å². The fourth-order valence-corrected chi connectivity index (χ4v) is 1.97. The summed E-state index contributed by atoms with van der Waals surface area (Å²) < 4.78 is 29.3. The zero-order valence-electron chi connectivity index (χ0n) is 9.34. The molecule has 100 valence electrons. The summed E-state index contributed by atoms with van der Waals surface area (Å²) in [4.78, 5) is 21.3. The Kier molecular flexibility index (Phi) is 4.26. The number of esters is 1. The Balaban J connectivity index is 2.64. The van der Waals surface area contributed by atoms with Gasteiger partial charge in [-0.05, 0) is 0 Å². The third kappa shape index (κ3) is 4.05. The topological polar surface area (TPSA) is 138 Å². The fraction of sp³-hybridized carbons (Fsp3) is 0.375. The van der Waals surface area contributed by atoms with Crippen molar-refractivity contribution in [1.29, 1.82) is 0 Å². The lowest BCUT2D eigenvalue weighted by Crippen LogP contribution is -2.19. The molecule has 10 heteroatoms. The summed E-state index contributed by atoms with van der Waals surface area (Å²) >= 11 is 0. The molecule has 0 amide bonds. The zero-order valence-corrected chi connectivity index (χ0v) is 10.2. The minimum Gasteiger partial charge on any atom is -0.477 e. The van der Waals surface area contributed by atoms with Crippen molar-refractivity contribution in [2.75, 3.05) is 17.6 Å². The molecule has 1 aromatic heterocycles. The van der Waals surface area contributed by atoms with E-state index < -0.39 is 27.7 Å². The van der Waals surface area contributed by atoms with Gasteiger partial charge in [-0.25, -0.2) is 13.2 Å². The first-order valence-corrected chi connectivity index (χ1v) is 6.35. The quantitative estimate of drug-likeness (QED) is 0.591. The SMILES string of the molecule is COC(=O)CCS(=O)(=O)Nc1cc(C(=O)O)[nH]n1. The summed E-state index contributed by atoms with van der Waals surface area (Å²) in [7, 11) is -2.63. The van der Waals surface area contributed by atoms with Crippen molar-refractivity contribution in [3.05, 3.63) is 11.8 Å². The van der Waals surface area contributed by atoms with E-state index in [0.717, 1.165) is 13.2 Å². The second-order valence-electron chi connectivity index (χ2n) is 3.22. The summed E-state index contributed by atoms with van der Waals surface area (Å²) in [6.07, 6.45) is -0.304. The normalized spacial score (nSPS) is 10.9. The van der Waals surface area contributed by atoms with Gasteiger partial charge in [-0.15, -0.1) is 0 Å². The van der Waals surface area contributed by atoms with Crippen LogP contribution in [0, 0.1) is 0 Å². The highest BCUT2D eigenvalue weighted by Gasteiger charge is 2.16. The average molecular weight is 277 g/mol. The van der Waals surface area contributed by atoms with E-state index in [2.05, 4.69) is 14.9 Å². The van der Waals surface area contributed by atoms with Crippen molar-refractivity contribution in [3.63, 3.8) is 0 Å². The molecule has 9 nitrogen and oxygen atoms in total. The van der Waals surface area contributed by atoms with Crippen LogP contribution in [0.2, 0.25) is 0 Å². The number of ether oxygens (including phenoxy) is 1. The number of aromatic amines is 1. The van der Waals surface area contributed by atoms with Crippen LogP contribution in [-0.4, -0.2) is 48.5 Å². The Bertz CT molecular complexity index is 549. The number of hydrogen-bond acceptors (Lipinski definition) is 6. The van der Waals surface area contributed by atoms with Crippen LogP contribution in [0.25, 0.3) is 0 Å². The first-order valence-electron chi connectivity index (χ1n) is 4.70. The molecule has 0 atom stereocenters. The smallest absolute Gasteiger partial charge is 0.353 e. The highest BCUT2D eigenvalue weighted by atomic mass is 32.2. The molecule has 18 heavy (non-hydrogen) atoms. The highest BCUT2D eigenvalue weighted by molar-refractivity contribution is 7.92. The second-order valence-corrected chi connectivity index (χ2v) is 5.06. The summed E-state index contributed by atoms with van der Waals surface area (Å²) in [5.41, 5.74) is -0.249. The molecule has 0 aliphatic rings. The first kappa shape index (κ1) is 14.0. The molecule has 0 bridgehead atoms. The zero-order chi connectivity index (χ0) is 13.8. The number of carboxylic acid groups (broad SMARTS) is 1. The third-order valence-corrected chi connectivity index (χ3v) is 3.13. The van der Waals surface area contributed by atoms with Gasteiger partial charge in [-0.1, -0.05) is 0 Å². The molecule has 1 aromatic rings. The largest absolute Gasteiger partial charge is 0.477 e. The molecule has 0 fully saturated rings. The van der Waals surface area contributed by atoms with Crippen molar-refractivity contribution in [2.45, 2.75) is 6.42 Å². The number of rotatable bonds is 6. The molecule has 0 saturated heterocycles. The molecule has 0 saturated carbocycles. The molecule has 0 aliphatic carbocycles. The lowest BCUT2D eigenvalue weighted by molar-refractivity contribution is -0.140. The van der Waals surface area contributed by atoms with Gasteiger partial charge in [0.15, 0.2) is 5.82 Å². The van der Waals surface area contributed by atoms with Gasteiger partial charge in [-0.3, -0.25) is 14.6 Å². The van der Waals surface area contributed by atoms with Crippen molar-refractivity contribution >= 4 is 27.8 Å². The summed E-state index contributed by atoms with van der Waals surface area (Å²) in [5, 5.41) is 14.2. The molecule has 0 aromatic carbocycles. The Morgan fingerprint density at radius 2 is 2.22 bits per heavy atom. The van der Waals surface area contributed by atoms with E-state index in [0.29, 0.717) is 0 Å². The van der Waals surface area contributed by atoms with Crippen molar-refractivity contribution < 1.29 is 27.9 Å². The maximum Gasteiger partial charge on any atom is 0.353 e. The van der Waals surface area contributed by atoms with Gasteiger partial charge in [0.1, 0.15) is 5.69 Å². The number of aromatic carboxylic acids is 1. The van der Waals surface area contributed by atoms with E-state index in [1.807, 2.05) is 4.72 Å². The second kappa shape index (κ2) is 5.49. The van der Waals surface area contributed by atoms with Crippen LogP contribution < -0.4 is 4.72 Å². The summed E-state index contributed by atoms with van der Waals surface area (Å²) in [5.74, 6) is -2.55. The van der Waals surface area contributed by atoms with E-state index in [1.54, 1.807) is 0 Å². The van der Waals surface area contributed by atoms with Gasteiger partial charge in [0, 0.05) is 6.07 Å². The number of carboxylic acids is 1. The number of aromatic nitrogens is 2. The third-order valence-electron chi connectivity index (χ3n) is 1.87. The molecule has 0 spiro atoms. The number of nitrogens with one attached hydrogen (secondary N) is 2. The van der Waals surface area contributed by atoms with Crippen LogP contribution in [0.15, 0.2) is 6.07 Å². The summed E-state index contributed by atoms with van der Waals surface area (Å²) in [6, 6.07) is 1.03. The van der Waals surface area contributed by atoms with Gasteiger partial charge in [0.2, 0.25) is 10.0 Å². The predicted octanol–water partition coefficient (Wildman–Crippen LogP) is -0.587. The van der Waals surface area contributed by atoms with E-state index in [4.69, 9.17) is 5.11 Å². The van der Waals surface area contributed by atoms with Crippen LogP contribution in [0.3, 0.4) is 0 Å². The maximum atomic E-state index is 11.5. The van der Waals surface area contributed by atoms with E-state index in [-0.39, 0.29) is 17.9 Å². The Morgan fingerprint density at radius 1 is 1.56 bits per heavy atom. The first-order chi connectivity index (χ1) is 8.34.